The minimum atomic E-state index is -0.902. The molecule has 238 valence electrons. The third-order valence-corrected chi connectivity index (χ3v) is 10.4. The van der Waals surface area contributed by atoms with E-state index in [4.69, 9.17) is 26.1 Å². The maximum Gasteiger partial charge on any atom is 0.319 e. The molecule has 4 aromatic rings. The van der Waals surface area contributed by atoms with Gasteiger partial charge in [0.25, 0.3) is 0 Å². The largest absolute Gasteiger partial charge is 0.461 e. The van der Waals surface area contributed by atoms with Crippen LogP contribution in [0.2, 0.25) is 5.02 Å². The number of hydrogen-bond acceptors (Lipinski definition) is 9. The fourth-order valence-corrected chi connectivity index (χ4v) is 8.29. The number of ether oxygens (including phenoxy) is 2. The van der Waals surface area contributed by atoms with E-state index in [0.29, 0.717) is 84.8 Å². The topological polar surface area (TPSA) is 113 Å². The summed E-state index contributed by atoms with van der Waals surface area (Å²) in [4.78, 5) is 18.2. The number of piperidine rings is 1. The Kier molecular flexibility index (Phi) is 7.51. The highest BCUT2D eigenvalue weighted by atomic mass is 35.5. The molecule has 3 aromatic heterocycles. The number of rotatable bonds is 3. The SMILES string of the molecule is O[C@@H]1C[C@H]2COCCCCc3c(Cl)cc4[nH]ncc4c3-c3ncc4c(nc(OC[C@@]56CCCN5C[C@H](F)C6)nc4c3F)N(C1)C2. The molecule has 2 N–H and O–H groups in total. The molecule has 5 aliphatic rings. The number of fused-ring (bicyclic) bond motifs is 8. The van der Waals surface area contributed by atoms with Gasteiger partial charge in [0.1, 0.15) is 29.8 Å². The Morgan fingerprint density at radius 1 is 1.16 bits per heavy atom. The number of alkyl halides is 1. The van der Waals surface area contributed by atoms with Crippen molar-refractivity contribution in [3.05, 3.63) is 34.9 Å². The highest BCUT2D eigenvalue weighted by molar-refractivity contribution is 6.33. The second kappa shape index (κ2) is 11.6. The zero-order valence-electron chi connectivity index (χ0n) is 24.9. The lowest BCUT2D eigenvalue weighted by Crippen LogP contribution is -2.45. The van der Waals surface area contributed by atoms with E-state index in [1.54, 1.807) is 12.4 Å². The first-order chi connectivity index (χ1) is 21.9. The lowest BCUT2D eigenvalue weighted by molar-refractivity contribution is 0.0564. The van der Waals surface area contributed by atoms with Gasteiger partial charge >= 0.3 is 6.01 Å². The molecule has 3 fully saturated rings. The molecule has 6 bridgehead atoms. The number of aromatic nitrogens is 5. The lowest BCUT2D eigenvalue weighted by Gasteiger charge is -2.37. The van der Waals surface area contributed by atoms with Gasteiger partial charge in [-0.15, -0.1) is 0 Å². The van der Waals surface area contributed by atoms with Gasteiger partial charge in [-0.1, -0.05) is 11.6 Å². The fraction of sp³-hybridized carbons (Fsp3) is 0.562. The van der Waals surface area contributed by atoms with Crippen molar-refractivity contribution in [2.45, 2.75) is 62.8 Å². The van der Waals surface area contributed by atoms with Crippen LogP contribution < -0.4 is 9.64 Å². The first kappa shape index (κ1) is 29.2. The molecule has 1 aromatic carbocycles. The molecule has 3 saturated heterocycles. The van der Waals surface area contributed by atoms with Gasteiger partial charge < -0.3 is 19.5 Å². The second-order valence-electron chi connectivity index (χ2n) is 13.1. The molecule has 8 heterocycles. The van der Waals surface area contributed by atoms with Crippen molar-refractivity contribution >= 4 is 39.2 Å². The number of aliphatic hydroxyl groups excluding tert-OH is 1. The lowest BCUT2D eigenvalue weighted by atomic mass is 9.94. The number of H-pyrrole nitrogens is 1. The monoisotopic (exact) mass is 639 g/mol. The molecule has 45 heavy (non-hydrogen) atoms. The third kappa shape index (κ3) is 5.19. The molecular formula is C32H36ClF2N7O3. The van der Waals surface area contributed by atoms with Crippen LogP contribution in [0.15, 0.2) is 18.5 Å². The molecule has 4 atom stereocenters. The van der Waals surface area contributed by atoms with Crippen molar-refractivity contribution in [3.63, 3.8) is 0 Å². The minimum Gasteiger partial charge on any atom is -0.461 e. The number of nitrogens with one attached hydrogen (secondary N) is 1. The Morgan fingerprint density at radius 2 is 2.07 bits per heavy atom. The van der Waals surface area contributed by atoms with Crippen LogP contribution in [0.4, 0.5) is 14.6 Å². The van der Waals surface area contributed by atoms with E-state index in [1.807, 2.05) is 11.0 Å². The number of aliphatic hydroxyl groups is 1. The Bertz CT molecular complexity index is 1760. The summed E-state index contributed by atoms with van der Waals surface area (Å²) in [6.45, 7) is 3.40. The Hall–Kier alpha value is -3.19. The summed E-state index contributed by atoms with van der Waals surface area (Å²) in [7, 11) is 0. The van der Waals surface area contributed by atoms with Gasteiger partial charge in [0.2, 0.25) is 0 Å². The Morgan fingerprint density at radius 3 is 2.98 bits per heavy atom. The van der Waals surface area contributed by atoms with Crippen LogP contribution in [0.3, 0.4) is 0 Å². The molecule has 5 aliphatic heterocycles. The number of hydrogen-bond donors (Lipinski definition) is 2. The van der Waals surface area contributed by atoms with Crippen molar-refractivity contribution in [1.29, 1.82) is 0 Å². The summed E-state index contributed by atoms with van der Waals surface area (Å²) < 4.78 is 43.8. The van der Waals surface area contributed by atoms with E-state index in [9.17, 15) is 9.50 Å². The first-order valence-electron chi connectivity index (χ1n) is 15.9. The first-order valence-corrected chi connectivity index (χ1v) is 16.3. The quantitative estimate of drug-likeness (QED) is 0.325. The minimum absolute atomic E-state index is 0.0193. The van der Waals surface area contributed by atoms with Crippen LogP contribution >= 0.6 is 11.6 Å². The van der Waals surface area contributed by atoms with Gasteiger partial charge in [-0.25, -0.2) is 8.78 Å². The molecule has 0 amide bonds. The molecule has 13 heteroatoms. The highest BCUT2D eigenvalue weighted by Crippen LogP contribution is 2.42. The number of pyridine rings is 1. The highest BCUT2D eigenvalue weighted by Gasteiger charge is 2.49. The molecule has 9 rings (SSSR count). The number of anilines is 1. The summed E-state index contributed by atoms with van der Waals surface area (Å²) in [6.07, 6.45) is 6.75. The Balaban J connectivity index is 1.29. The molecule has 0 radical (unpaired) electrons. The maximum atomic E-state index is 17.0. The van der Waals surface area contributed by atoms with Crippen LogP contribution in [0, 0.1) is 11.7 Å². The number of aromatic amines is 1. The van der Waals surface area contributed by atoms with Gasteiger partial charge in [0, 0.05) is 60.7 Å². The number of halogens is 3. The third-order valence-electron chi connectivity index (χ3n) is 10.0. The van der Waals surface area contributed by atoms with E-state index in [2.05, 4.69) is 25.1 Å². The summed E-state index contributed by atoms with van der Waals surface area (Å²) >= 11 is 6.81. The fourth-order valence-electron chi connectivity index (χ4n) is 7.99. The van der Waals surface area contributed by atoms with Crippen molar-refractivity contribution < 1.29 is 23.4 Å². The molecule has 10 nitrogen and oxygen atoms in total. The summed E-state index contributed by atoms with van der Waals surface area (Å²) in [5.74, 6) is -0.107. The zero-order valence-corrected chi connectivity index (χ0v) is 25.7. The van der Waals surface area contributed by atoms with Gasteiger partial charge in [-0.3, -0.25) is 15.0 Å². The average molecular weight is 640 g/mol. The van der Waals surface area contributed by atoms with Crippen LogP contribution in [-0.2, 0) is 11.2 Å². The molecular weight excluding hydrogens is 604 g/mol. The molecule has 0 spiro atoms. The summed E-state index contributed by atoms with van der Waals surface area (Å²) in [5.41, 5.74) is 1.83. The van der Waals surface area contributed by atoms with Crippen molar-refractivity contribution in [3.8, 4) is 17.3 Å². The van der Waals surface area contributed by atoms with E-state index in [-0.39, 0.29) is 29.7 Å². The van der Waals surface area contributed by atoms with Gasteiger partial charge in [0.15, 0.2) is 5.82 Å². The van der Waals surface area contributed by atoms with Crippen LogP contribution in [0.5, 0.6) is 6.01 Å². The molecule has 0 aliphatic carbocycles. The van der Waals surface area contributed by atoms with Crippen molar-refractivity contribution in [2.75, 3.05) is 50.9 Å². The van der Waals surface area contributed by atoms with E-state index in [0.717, 1.165) is 37.8 Å². The number of benzene rings is 1. The van der Waals surface area contributed by atoms with E-state index >= 15 is 4.39 Å². The summed E-state index contributed by atoms with van der Waals surface area (Å²) in [6, 6.07) is 1.84. The van der Waals surface area contributed by atoms with Gasteiger partial charge in [-0.2, -0.15) is 15.1 Å². The molecule has 0 saturated carbocycles. The maximum absolute atomic E-state index is 17.0. The molecule has 0 unspecified atom stereocenters. The summed E-state index contributed by atoms with van der Waals surface area (Å²) in [5, 5.41) is 19.7. The number of nitrogens with zero attached hydrogens (tertiary/aromatic N) is 6. The van der Waals surface area contributed by atoms with Crippen molar-refractivity contribution in [2.24, 2.45) is 5.92 Å². The van der Waals surface area contributed by atoms with Crippen LogP contribution in [0.1, 0.15) is 44.1 Å². The van der Waals surface area contributed by atoms with Crippen LogP contribution in [0.25, 0.3) is 33.1 Å². The average Bonchev–Trinajstić information content (AvgIpc) is 3.71. The van der Waals surface area contributed by atoms with Gasteiger partial charge in [0.05, 0.1) is 35.3 Å². The smallest absolute Gasteiger partial charge is 0.319 e. The standard InChI is InChI=1S/C32H36ClF2N7O3/c33-24-9-25-22(12-37-40-25)26-21(24)4-1-2-7-44-16-18-8-20(43)15-41(13-18)30-23-11-36-29(26)27(35)28(23)38-31(39-30)45-17-32-5-3-6-42(32)14-19(34)10-32/h9,11-12,18-20,43H,1-8,10,13-17H2,(H,37,40)/t18-,19-,20-,32+/m1/s1. The predicted molar refractivity (Wildman–Crippen MR) is 166 cm³/mol. The van der Waals surface area contributed by atoms with E-state index in [1.165, 1.54) is 0 Å². The second-order valence-corrected chi connectivity index (χ2v) is 13.5. The van der Waals surface area contributed by atoms with Gasteiger partial charge in [-0.05, 0) is 56.7 Å². The zero-order chi connectivity index (χ0) is 30.7. The predicted octanol–water partition coefficient (Wildman–Crippen LogP) is 4.86. The van der Waals surface area contributed by atoms with Crippen LogP contribution in [-0.4, -0.2) is 99.0 Å². The van der Waals surface area contributed by atoms with Crippen molar-refractivity contribution in [1.82, 2.24) is 30.0 Å². The Labute approximate surface area is 264 Å². The van der Waals surface area contributed by atoms with E-state index < -0.39 is 23.6 Å². The normalized spacial score (nSPS) is 27.5.